The second-order valence-corrected chi connectivity index (χ2v) is 7.61. The molecular weight excluding hydrogens is 360 g/mol. The molecule has 1 unspecified atom stereocenters. The Morgan fingerprint density at radius 3 is 2.46 bits per heavy atom. The molecule has 7 nitrogen and oxygen atoms in total. The van der Waals surface area contributed by atoms with Gasteiger partial charge in [0.05, 0.1) is 23.4 Å². The summed E-state index contributed by atoms with van der Waals surface area (Å²) in [5, 5.41) is 9.23. The maximum atomic E-state index is 13.1. The molecule has 4 rings (SSSR count). The van der Waals surface area contributed by atoms with Gasteiger partial charge in [-0.15, -0.1) is 0 Å². The van der Waals surface area contributed by atoms with Crippen molar-refractivity contribution in [3.8, 4) is 0 Å². The van der Waals surface area contributed by atoms with Crippen LogP contribution in [0.15, 0.2) is 47.1 Å². The number of furan rings is 1. The molecule has 1 aromatic heterocycles. The summed E-state index contributed by atoms with van der Waals surface area (Å²) < 4.78 is 5.18. The molecule has 1 saturated carbocycles. The van der Waals surface area contributed by atoms with E-state index in [-0.39, 0.29) is 28.9 Å². The lowest BCUT2D eigenvalue weighted by Gasteiger charge is -2.33. The molecule has 2 heterocycles. The van der Waals surface area contributed by atoms with Crippen molar-refractivity contribution in [1.29, 1.82) is 0 Å². The fourth-order valence-corrected chi connectivity index (χ4v) is 4.20. The maximum absolute atomic E-state index is 13.1. The zero-order valence-electron chi connectivity index (χ0n) is 15.6. The molecule has 1 aliphatic carbocycles. The minimum atomic E-state index is -0.733. The highest BCUT2D eigenvalue weighted by atomic mass is 16.4. The molecule has 2 aliphatic rings. The number of carboxylic acid groups (broad SMARTS) is 1. The summed E-state index contributed by atoms with van der Waals surface area (Å²) in [6.45, 7) is 1.07. The van der Waals surface area contributed by atoms with E-state index in [1.54, 1.807) is 48.3 Å². The fourth-order valence-electron chi connectivity index (χ4n) is 4.20. The number of carboxylic acids is 1. The van der Waals surface area contributed by atoms with Crippen molar-refractivity contribution < 1.29 is 23.9 Å². The molecule has 1 aromatic carbocycles. The van der Waals surface area contributed by atoms with Crippen LogP contribution in [-0.2, 0) is 4.79 Å². The second-order valence-electron chi connectivity index (χ2n) is 7.61. The van der Waals surface area contributed by atoms with Crippen LogP contribution in [0.2, 0.25) is 0 Å². The summed E-state index contributed by atoms with van der Waals surface area (Å²) in [4.78, 5) is 40.1. The van der Waals surface area contributed by atoms with E-state index in [4.69, 9.17) is 4.42 Å². The molecule has 1 N–H and O–H groups in total. The van der Waals surface area contributed by atoms with E-state index in [0.717, 1.165) is 0 Å². The Balaban J connectivity index is 1.50. The summed E-state index contributed by atoms with van der Waals surface area (Å²) in [5.41, 5.74) is 0.837. The van der Waals surface area contributed by atoms with Crippen LogP contribution in [0.3, 0.4) is 0 Å². The van der Waals surface area contributed by atoms with Gasteiger partial charge in [0.15, 0.2) is 5.76 Å². The number of carbonyl (C=O) groups is 3. The van der Waals surface area contributed by atoms with Crippen molar-refractivity contribution in [2.45, 2.75) is 19.3 Å². The molecule has 1 spiro atoms. The van der Waals surface area contributed by atoms with Gasteiger partial charge < -0.3 is 19.3 Å². The Hall–Kier alpha value is -3.09. The molecule has 1 atom stereocenters. The molecule has 7 heteroatoms. The zero-order valence-corrected chi connectivity index (χ0v) is 15.6. The fraction of sp³-hybridized carbons (Fsp3) is 0.381. The number of carbonyl (C=O) groups excluding carboxylic acids is 2. The molecule has 1 aliphatic heterocycles. The highest BCUT2D eigenvalue weighted by molar-refractivity contribution is 6.09. The highest BCUT2D eigenvalue weighted by Gasteiger charge is 2.59. The second kappa shape index (κ2) is 6.82. The lowest BCUT2D eigenvalue weighted by molar-refractivity contribution is -0.139. The van der Waals surface area contributed by atoms with Crippen molar-refractivity contribution in [2.75, 3.05) is 25.0 Å². The van der Waals surface area contributed by atoms with Crippen LogP contribution in [0, 0.1) is 11.3 Å². The highest BCUT2D eigenvalue weighted by Crippen LogP contribution is 2.59. The van der Waals surface area contributed by atoms with Crippen LogP contribution >= 0.6 is 0 Å². The first-order chi connectivity index (χ1) is 13.4. The van der Waals surface area contributed by atoms with Gasteiger partial charge in [-0.2, -0.15) is 0 Å². The van der Waals surface area contributed by atoms with Crippen LogP contribution < -0.4 is 4.90 Å². The minimum Gasteiger partial charge on any atom is -0.481 e. The number of likely N-dealkylation sites (tertiary alicyclic amines) is 1. The zero-order chi connectivity index (χ0) is 19.9. The molecule has 146 valence electrons. The number of anilines is 1. The van der Waals surface area contributed by atoms with Crippen LogP contribution in [-0.4, -0.2) is 47.9 Å². The first-order valence-corrected chi connectivity index (χ1v) is 9.36. The molecule has 0 radical (unpaired) electrons. The number of hydrogen-bond acceptors (Lipinski definition) is 4. The Morgan fingerprint density at radius 2 is 1.86 bits per heavy atom. The number of benzene rings is 1. The van der Waals surface area contributed by atoms with Gasteiger partial charge in [0.25, 0.3) is 11.8 Å². The molecule has 1 saturated heterocycles. The van der Waals surface area contributed by atoms with Crippen molar-refractivity contribution >= 4 is 23.5 Å². The van der Waals surface area contributed by atoms with Crippen LogP contribution in [0.25, 0.3) is 0 Å². The quantitative estimate of drug-likeness (QED) is 0.878. The summed E-state index contributed by atoms with van der Waals surface area (Å²) >= 11 is 0. The largest absolute Gasteiger partial charge is 0.481 e. The van der Waals surface area contributed by atoms with Crippen LogP contribution in [0.1, 0.15) is 40.2 Å². The summed E-state index contributed by atoms with van der Waals surface area (Å²) in [5.74, 6) is -1.27. The number of rotatable bonds is 4. The predicted molar refractivity (Wildman–Crippen MR) is 101 cm³/mol. The van der Waals surface area contributed by atoms with Crippen molar-refractivity contribution in [3.05, 3.63) is 54.0 Å². The topological polar surface area (TPSA) is 91.1 Å². The molecule has 28 heavy (non-hydrogen) atoms. The number of amides is 2. The maximum Gasteiger partial charge on any atom is 0.307 e. The molecule has 0 bridgehead atoms. The van der Waals surface area contributed by atoms with E-state index >= 15 is 0 Å². The number of hydrogen-bond donors (Lipinski definition) is 1. The molecule has 2 fully saturated rings. The van der Waals surface area contributed by atoms with E-state index in [1.807, 2.05) is 0 Å². The lowest BCUT2D eigenvalue weighted by atomic mass is 9.90. The predicted octanol–water partition coefficient (Wildman–Crippen LogP) is 2.88. The normalized spacial score (nSPS) is 20.0. The van der Waals surface area contributed by atoms with Gasteiger partial charge >= 0.3 is 5.97 Å². The van der Waals surface area contributed by atoms with Crippen LogP contribution in [0.4, 0.5) is 5.69 Å². The van der Waals surface area contributed by atoms with E-state index in [2.05, 4.69) is 0 Å². The SMILES string of the molecule is CN(C(=O)c1ccco1)c1ccccc1C(=O)N1CCC2(CC1)CC2C(=O)O. The van der Waals surface area contributed by atoms with Gasteiger partial charge in [-0.3, -0.25) is 14.4 Å². The minimum absolute atomic E-state index is 0.131. The smallest absolute Gasteiger partial charge is 0.307 e. The Kier molecular flexibility index (Phi) is 4.45. The van der Waals surface area contributed by atoms with Gasteiger partial charge in [-0.05, 0) is 48.9 Å². The van der Waals surface area contributed by atoms with Crippen molar-refractivity contribution in [3.63, 3.8) is 0 Å². The number of aliphatic carboxylic acids is 1. The summed E-state index contributed by atoms with van der Waals surface area (Å²) in [7, 11) is 1.61. The third-order valence-electron chi connectivity index (χ3n) is 6.07. The molecule has 2 aromatic rings. The third-order valence-corrected chi connectivity index (χ3v) is 6.07. The van der Waals surface area contributed by atoms with E-state index < -0.39 is 5.97 Å². The Morgan fingerprint density at radius 1 is 1.14 bits per heavy atom. The first kappa shape index (κ1) is 18.3. The lowest BCUT2D eigenvalue weighted by Crippen LogP contribution is -2.40. The van der Waals surface area contributed by atoms with E-state index in [0.29, 0.717) is 43.6 Å². The first-order valence-electron chi connectivity index (χ1n) is 9.36. The van der Waals surface area contributed by atoms with Gasteiger partial charge in [-0.25, -0.2) is 0 Å². The van der Waals surface area contributed by atoms with Gasteiger partial charge in [0.1, 0.15) is 0 Å². The molecule has 2 amide bonds. The monoisotopic (exact) mass is 382 g/mol. The van der Waals surface area contributed by atoms with Crippen molar-refractivity contribution in [1.82, 2.24) is 4.90 Å². The standard InChI is InChI=1S/C21H22N2O5/c1-22(19(25)17-7-4-12-28-17)16-6-3-2-5-14(16)18(24)23-10-8-21(9-11-23)13-15(21)20(26)27/h2-7,12,15H,8-11,13H2,1H3,(H,26,27). The van der Waals surface area contributed by atoms with E-state index in [1.165, 1.54) is 11.2 Å². The van der Waals surface area contributed by atoms with Crippen LogP contribution in [0.5, 0.6) is 0 Å². The number of nitrogens with zero attached hydrogens (tertiary/aromatic N) is 2. The van der Waals surface area contributed by atoms with E-state index in [9.17, 15) is 19.5 Å². The average molecular weight is 382 g/mol. The summed E-state index contributed by atoms with van der Waals surface area (Å²) in [6.07, 6.45) is 3.56. The molecular formula is C21H22N2O5. The Labute approximate surface area is 162 Å². The third kappa shape index (κ3) is 3.06. The number of para-hydroxylation sites is 1. The number of piperidine rings is 1. The summed E-state index contributed by atoms with van der Waals surface area (Å²) in [6, 6.07) is 10.2. The van der Waals surface area contributed by atoms with Crippen molar-refractivity contribution in [2.24, 2.45) is 11.3 Å². The van der Waals surface area contributed by atoms with Gasteiger partial charge in [-0.1, -0.05) is 12.1 Å². The van der Waals surface area contributed by atoms with Gasteiger partial charge in [0, 0.05) is 20.1 Å². The van der Waals surface area contributed by atoms with Gasteiger partial charge in [0.2, 0.25) is 0 Å². The average Bonchev–Trinajstić information content (AvgIpc) is 3.15. The Bertz CT molecular complexity index is 913.